The zero-order valence-electron chi connectivity index (χ0n) is 10.1. The Morgan fingerprint density at radius 2 is 2.29 bits per heavy atom. The average Bonchev–Trinajstić information content (AvgIpc) is 2.31. The van der Waals surface area contributed by atoms with Crippen LogP contribution in [0.1, 0.15) is 12.5 Å². The molecule has 0 aliphatic heterocycles. The Balaban J connectivity index is 2.84. The first-order valence-corrected chi connectivity index (χ1v) is 6.32. The van der Waals surface area contributed by atoms with Gasteiger partial charge in [0.05, 0.1) is 6.61 Å². The summed E-state index contributed by atoms with van der Waals surface area (Å²) in [4.78, 5) is 12.8. The third kappa shape index (κ3) is 4.14. The molecule has 0 aliphatic rings. The van der Waals surface area contributed by atoms with Crippen molar-refractivity contribution in [2.24, 2.45) is 0 Å². The largest absolute Gasteiger partial charge is 0.465 e. The van der Waals surface area contributed by atoms with Crippen molar-refractivity contribution in [1.29, 1.82) is 0 Å². The Bertz CT molecular complexity index is 434. The van der Waals surface area contributed by atoms with E-state index in [1.54, 1.807) is 13.0 Å². The molecule has 17 heavy (non-hydrogen) atoms. The maximum Gasteiger partial charge on any atom is 0.323 e. The van der Waals surface area contributed by atoms with Crippen molar-refractivity contribution in [2.45, 2.75) is 24.0 Å². The van der Waals surface area contributed by atoms with Gasteiger partial charge in [-0.15, -0.1) is 17.5 Å². The fourth-order valence-corrected chi connectivity index (χ4v) is 2.32. The second kappa shape index (κ2) is 7.00. The summed E-state index contributed by atoms with van der Waals surface area (Å²) in [6, 6.07) is 7.93. The van der Waals surface area contributed by atoms with Gasteiger partial charge in [-0.2, -0.15) is 0 Å². The van der Waals surface area contributed by atoms with E-state index in [4.69, 9.17) is 4.74 Å². The van der Waals surface area contributed by atoms with Crippen LogP contribution in [0.25, 0.3) is 0 Å². The topological polar surface area (TPSA) is 26.3 Å². The van der Waals surface area contributed by atoms with Gasteiger partial charge in [0.25, 0.3) is 0 Å². The first-order chi connectivity index (χ1) is 8.19. The van der Waals surface area contributed by atoms with Gasteiger partial charge in [0.15, 0.2) is 0 Å². The summed E-state index contributed by atoms with van der Waals surface area (Å²) in [6.45, 7) is 7.70. The smallest absolute Gasteiger partial charge is 0.323 e. The summed E-state index contributed by atoms with van der Waals surface area (Å²) in [5.41, 5.74) is 3.79. The number of hydrogen-bond acceptors (Lipinski definition) is 3. The number of benzene rings is 1. The van der Waals surface area contributed by atoms with Crippen LogP contribution < -0.4 is 0 Å². The van der Waals surface area contributed by atoms with Gasteiger partial charge >= 0.3 is 5.97 Å². The molecule has 0 saturated carbocycles. The molecule has 90 valence electrons. The molecule has 0 aromatic heterocycles. The molecule has 3 heteroatoms. The van der Waals surface area contributed by atoms with Crippen LogP contribution in [0.2, 0.25) is 0 Å². The number of carbonyl (C=O) groups excluding carboxylic acids is 1. The lowest BCUT2D eigenvalue weighted by Crippen LogP contribution is -2.17. The van der Waals surface area contributed by atoms with Gasteiger partial charge in [-0.05, 0) is 31.6 Å². The number of esters is 1. The second-order valence-electron chi connectivity index (χ2n) is 3.43. The van der Waals surface area contributed by atoms with Crippen molar-refractivity contribution in [3.63, 3.8) is 0 Å². The Morgan fingerprint density at radius 3 is 2.88 bits per heavy atom. The molecule has 0 heterocycles. The lowest BCUT2D eigenvalue weighted by molar-refractivity contribution is -0.141. The molecule has 1 unspecified atom stereocenters. The Morgan fingerprint density at radius 1 is 1.59 bits per heavy atom. The zero-order chi connectivity index (χ0) is 12.7. The molecule has 0 amide bonds. The minimum absolute atomic E-state index is 0.253. The van der Waals surface area contributed by atoms with Crippen LogP contribution in [0, 0.1) is 6.92 Å². The highest BCUT2D eigenvalue weighted by Gasteiger charge is 2.18. The molecule has 0 aliphatic carbocycles. The molecule has 1 aromatic carbocycles. The molecule has 0 fully saturated rings. The maximum atomic E-state index is 11.7. The van der Waals surface area contributed by atoms with E-state index in [9.17, 15) is 4.79 Å². The highest BCUT2D eigenvalue weighted by molar-refractivity contribution is 8.00. The fraction of sp³-hybridized carbons (Fsp3) is 0.286. The molecule has 1 rings (SSSR count). The molecule has 0 radical (unpaired) electrons. The van der Waals surface area contributed by atoms with Crippen molar-refractivity contribution in [3.05, 3.63) is 48.2 Å². The summed E-state index contributed by atoms with van der Waals surface area (Å²) < 4.78 is 5.01. The summed E-state index contributed by atoms with van der Waals surface area (Å²) in [6.07, 6.45) is 1.63. The van der Waals surface area contributed by atoms with Crippen LogP contribution in [-0.2, 0) is 9.53 Å². The predicted molar refractivity (Wildman–Crippen MR) is 71.2 cm³/mol. The van der Waals surface area contributed by atoms with E-state index in [-0.39, 0.29) is 11.2 Å². The average molecular weight is 248 g/mol. The zero-order valence-corrected chi connectivity index (χ0v) is 10.9. The molecular weight excluding hydrogens is 232 g/mol. The van der Waals surface area contributed by atoms with E-state index in [0.29, 0.717) is 6.61 Å². The highest BCUT2D eigenvalue weighted by atomic mass is 32.2. The first-order valence-electron chi connectivity index (χ1n) is 5.44. The summed E-state index contributed by atoms with van der Waals surface area (Å²) in [7, 11) is 0. The SMILES string of the molecule is C=C=CC(Sc1ccccc1C)C(=O)OCC. The Hall–Kier alpha value is -1.44. The lowest BCUT2D eigenvalue weighted by Gasteiger charge is -2.12. The Kier molecular flexibility index (Phi) is 5.61. The van der Waals surface area contributed by atoms with Crippen molar-refractivity contribution < 1.29 is 9.53 Å². The van der Waals surface area contributed by atoms with Crippen LogP contribution in [0.15, 0.2) is 47.5 Å². The highest BCUT2D eigenvalue weighted by Crippen LogP contribution is 2.27. The van der Waals surface area contributed by atoms with Crippen molar-refractivity contribution in [1.82, 2.24) is 0 Å². The van der Waals surface area contributed by atoms with Gasteiger partial charge in [-0.25, -0.2) is 0 Å². The van der Waals surface area contributed by atoms with Crippen molar-refractivity contribution in [3.8, 4) is 0 Å². The third-order valence-corrected chi connectivity index (χ3v) is 3.43. The predicted octanol–water partition coefficient (Wildman–Crippen LogP) is 3.36. The van der Waals surface area contributed by atoms with E-state index in [0.717, 1.165) is 10.5 Å². The molecule has 0 spiro atoms. The van der Waals surface area contributed by atoms with Gasteiger partial charge in [0, 0.05) is 4.90 Å². The number of thioether (sulfide) groups is 1. The maximum absolute atomic E-state index is 11.7. The molecule has 0 saturated heterocycles. The minimum atomic E-state index is -0.381. The molecule has 1 aromatic rings. The molecule has 1 atom stereocenters. The van der Waals surface area contributed by atoms with Crippen LogP contribution in [-0.4, -0.2) is 17.8 Å². The van der Waals surface area contributed by atoms with Gasteiger partial charge in [-0.3, -0.25) is 4.79 Å². The number of carbonyl (C=O) groups is 1. The Labute approximate surface area is 106 Å². The summed E-state index contributed by atoms with van der Waals surface area (Å²) in [5.74, 6) is -0.253. The lowest BCUT2D eigenvalue weighted by atomic mass is 10.2. The van der Waals surface area contributed by atoms with E-state index >= 15 is 0 Å². The molecule has 0 bridgehead atoms. The van der Waals surface area contributed by atoms with Gasteiger partial charge in [-0.1, -0.05) is 24.8 Å². The van der Waals surface area contributed by atoms with E-state index in [2.05, 4.69) is 12.3 Å². The standard InChI is InChI=1S/C14H16O2S/c1-4-8-13(14(15)16-5-2)17-12-10-7-6-9-11(12)3/h6-10,13H,1,5H2,2-3H3. The minimum Gasteiger partial charge on any atom is -0.465 e. The quantitative estimate of drug-likeness (QED) is 0.454. The van der Waals surface area contributed by atoms with Crippen molar-refractivity contribution in [2.75, 3.05) is 6.61 Å². The van der Waals surface area contributed by atoms with Crippen molar-refractivity contribution >= 4 is 17.7 Å². The van der Waals surface area contributed by atoms with E-state index in [1.807, 2.05) is 31.2 Å². The molecular formula is C14H16O2S. The third-order valence-electron chi connectivity index (χ3n) is 2.14. The number of rotatable bonds is 5. The van der Waals surface area contributed by atoms with Gasteiger partial charge in [0.2, 0.25) is 0 Å². The fourth-order valence-electron chi connectivity index (χ4n) is 1.31. The summed E-state index contributed by atoms with van der Waals surface area (Å²) >= 11 is 1.46. The van der Waals surface area contributed by atoms with E-state index < -0.39 is 0 Å². The monoisotopic (exact) mass is 248 g/mol. The normalized spacial score (nSPS) is 11.4. The van der Waals surface area contributed by atoms with Gasteiger partial charge < -0.3 is 4.74 Å². The summed E-state index contributed by atoms with van der Waals surface area (Å²) in [5, 5.41) is -0.381. The number of ether oxygens (including phenoxy) is 1. The molecule has 0 N–H and O–H groups in total. The molecule has 2 nitrogen and oxygen atoms in total. The van der Waals surface area contributed by atoms with Crippen LogP contribution in [0.4, 0.5) is 0 Å². The number of aryl methyl sites for hydroxylation is 1. The van der Waals surface area contributed by atoms with Crippen LogP contribution >= 0.6 is 11.8 Å². The van der Waals surface area contributed by atoms with E-state index in [1.165, 1.54) is 11.8 Å². The van der Waals surface area contributed by atoms with Crippen LogP contribution in [0.3, 0.4) is 0 Å². The number of hydrogen-bond donors (Lipinski definition) is 0. The van der Waals surface area contributed by atoms with Gasteiger partial charge in [0.1, 0.15) is 5.25 Å². The second-order valence-corrected chi connectivity index (χ2v) is 4.61. The first kappa shape index (κ1) is 13.6. The van der Waals surface area contributed by atoms with Crippen LogP contribution in [0.5, 0.6) is 0 Å².